The van der Waals surface area contributed by atoms with Crippen molar-refractivity contribution in [2.45, 2.75) is 12.5 Å². The van der Waals surface area contributed by atoms with Crippen LogP contribution in [0.25, 0.3) is 0 Å². The van der Waals surface area contributed by atoms with Gasteiger partial charge in [-0.25, -0.2) is 9.59 Å². The minimum Gasteiger partial charge on any atom is -0.452 e. The number of methoxy groups -OCH3 is 3. The molecular weight excluding hydrogens is 192 g/mol. The van der Waals surface area contributed by atoms with E-state index in [4.69, 9.17) is 9.47 Å². The Morgan fingerprint density at radius 2 is 2.00 bits per heavy atom. The predicted molar refractivity (Wildman–Crippen MR) is 44.4 cm³/mol. The monoisotopic (exact) mass is 204 g/mol. The molecule has 0 aromatic carbocycles. The van der Waals surface area contributed by atoms with Crippen LogP contribution in [0.1, 0.15) is 0 Å². The van der Waals surface area contributed by atoms with Crippen molar-refractivity contribution < 1.29 is 23.8 Å². The Kier molecular flexibility index (Phi) is 3.26. The molecule has 0 aliphatic carbocycles. The summed E-state index contributed by atoms with van der Waals surface area (Å²) in [7, 11) is 3.95. The quantitative estimate of drug-likeness (QED) is 0.669. The maximum atomic E-state index is 11.3. The minimum absolute atomic E-state index is 0.601. The van der Waals surface area contributed by atoms with Crippen LogP contribution in [-0.4, -0.2) is 50.8 Å². The highest BCUT2D eigenvalue weighted by Gasteiger charge is 2.44. The van der Waals surface area contributed by atoms with Gasteiger partial charge >= 0.3 is 12.1 Å². The molecule has 7 nitrogen and oxygen atoms in total. The lowest BCUT2D eigenvalue weighted by atomic mass is 10.5. The molecule has 1 heterocycles. The van der Waals surface area contributed by atoms with E-state index in [0.29, 0.717) is 0 Å². The third-order valence-corrected chi connectivity index (χ3v) is 1.86. The number of carbonyl (C=O) groups is 2. The molecule has 1 rings (SSSR count). The summed E-state index contributed by atoms with van der Waals surface area (Å²) < 4.78 is 14.3. The molecule has 0 spiro atoms. The first-order valence-corrected chi connectivity index (χ1v) is 3.89. The first kappa shape index (κ1) is 10.7. The molecule has 7 heteroatoms. The highest BCUT2D eigenvalue weighted by atomic mass is 16.6. The molecule has 0 saturated carbocycles. The van der Waals surface area contributed by atoms with Gasteiger partial charge in [0.05, 0.1) is 7.11 Å². The van der Waals surface area contributed by atoms with Crippen LogP contribution in [0, 0.1) is 0 Å². The van der Waals surface area contributed by atoms with Crippen molar-refractivity contribution in [3.8, 4) is 0 Å². The number of urea groups is 1. The first-order valence-electron chi connectivity index (χ1n) is 3.89. The highest BCUT2D eigenvalue weighted by molar-refractivity contribution is 5.93. The van der Waals surface area contributed by atoms with Crippen molar-refractivity contribution in [3.05, 3.63) is 0 Å². The first-order chi connectivity index (χ1) is 6.65. The molecule has 14 heavy (non-hydrogen) atoms. The van der Waals surface area contributed by atoms with Crippen LogP contribution in [0.2, 0.25) is 0 Å². The van der Waals surface area contributed by atoms with Crippen LogP contribution in [0.5, 0.6) is 0 Å². The molecular formula is C7H12N2O5. The van der Waals surface area contributed by atoms with Crippen molar-refractivity contribution in [2.75, 3.05) is 21.3 Å². The van der Waals surface area contributed by atoms with Crippen molar-refractivity contribution >= 4 is 12.1 Å². The number of carbonyl (C=O) groups excluding carboxylic acids is 2. The normalized spacial score (nSPS) is 26.2. The zero-order valence-electron chi connectivity index (χ0n) is 8.14. The fraction of sp³-hybridized carbons (Fsp3) is 0.714. The van der Waals surface area contributed by atoms with Gasteiger partial charge < -0.3 is 19.5 Å². The van der Waals surface area contributed by atoms with E-state index in [2.05, 4.69) is 10.1 Å². The van der Waals surface area contributed by atoms with Gasteiger partial charge in [0.25, 0.3) is 0 Å². The lowest BCUT2D eigenvalue weighted by Crippen LogP contribution is -2.42. The third-order valence-electron chi connectivity index (χ3n) is 1.86. The summed E-state index contributed by atoms with van der Waals surface area (Å²) in [5.41, 5.74) is 0. The molecule has 1 aliphatic heterocycles. The van der Waals surface area contributed by atoms with Crippen molar-refractivity contribution in [3.63, 3.8) is 0 Å². The number of amides is 3. The summed E-state index contributed by atoms with van der Waals surface area (Å²) in [6.45, 7) is 0. The summed E-state index contributed by atoms with van der Waals surface area (Å²) in [6, 6.07) is -0.601. The van der Waals surface area contributed by atoms with Crippen LogP contribution in [0.4, 0.5) is 9.59 Å². The van der Waals surface area contributed by atoms with E-state index >= 15 is 0 Å². The van der Waals surface area contributed by atoms with Crippen molar-refractivity contribution in [2.24, 2.45) is 0 Å². The molecule has 80 valence electrons. The van der Waals surface area contributed by atoms with Crippen molar-refractivity contribution in [1.82, 2.24) is 10.2 Å². The van der Waals surface area contributed by atoms with E-state index in [1.165, 1.54) is 21.3 Å². The molecule has 0 bridgehead atoms. The summed E-state index contributed by atoms with van der Waals surface area (Å²) in [5.74, 6) is 0. The van der Waals surface area contributed by atoms with Gasteiger partial charge in [-0.2, -0.15) is 4.90 Å². The molecule has 0 aromatic rings. The number of imide groups is 1. The maximum absolute atomic E-state index is 11.3. The molecule has 1 saturated heterocycles. The average Bonchev–Trinajstić information content (AvgIpc) is 2.53. The van der Waals surface area contributed by atoms with E-state index in [9.17, 15) is 9.59 Å². The number of nitrogens with one attached hydrogen (secondary N) is 1. The Hall–Kier alpha value is -1.34. The van der Waals surface area contributed by atoms with Crippen molar-refractivity contribution in [1.29, 1.82) is 0 Å². The second-order valence-corrected chi connectivity index (χ2v) is 2.57. The summed E-state index contributed by atoms with van der Waals surface area (Å²) >= 11 is 0. The van der Waals surface area contributed by atoms with Crippen LogP contribution in [0.3, 0.4) is 0 Å². The maximum Gasteiger partial charge on any atom is 0.420 e. The van der Waals surface area contributed by atoms with E-state index in [0.717, 1.165) is 4.90 Å². The fourth-order valence-corrected chi connectivity index (χ4v) is 1.20. The number of ether oxygens (including phenoxy) is 3. The van der Waals surface area contributed by atoms with Gasteiger partial charge in [-0.1, -0.05) is 0 Å². The molecule has 0 aromatic heterocycles. The Morgan fingerprint density at radius 3 is 2.43 bits per heavy atom. The smallest absolute Gasteiger partial charge is 0.420 e. The number of nitrogens with zero attached hydrogens (tertiary/aromatic N) is 1. The van der Waals surface area contributed by atoms with Gasteiger partial charge in [-0.3, -0.25) is 0 Å². The van der Waals surface area contributed by atoms with E-state index < -0.39 is 24.6 Å². The van der Waals surface area contributed by atoms with Crippen LogP contribution >= 0.6 is 0 Å². The molecule has 3 amide bonds. The van der Waals surface area contributed by atoms with E-state index in [1.54, 1.807) is 0 Å². The molecule has 1 fully saturated rings. The zero-order valence-corrected chi connectivity index (χ0v) is 8.14. The van der Waals surface area contributed by atoms with Gasteiger partial charge in [0.2, 0.25) is 0 Å². The summed E-state index contributed by atoms with van der Waals surface area (Å²) in [6.07, 6.45) is -2.26. The molecule has 0 unspecified atom stereocenters. The van der Waals surface area contributed by atoms with Gasteiger partial charge in [-0.15, -0.1) is 0 Å². The van der Waals surface area contributed by atoms with Crippen LogP contribution in [0.15, 0.2) is 0 Å². The highest BCUT2D eigenvalue weighted by Crippen LogP contribution is 2.15. The summed E-state index contributed by atoms with van der Waals surface area (Å²) in [5, 5.41) is 2.41. The Labute approximate surface area is 80.9 Å². The largest absolute Gasteiger partial charge is 0.452 e. The van der Waals surface area contributed by atoms with E-state index in [1.807, 2.05) is 0 Å². The molecule has 2 atom stereocenters. The fourth-order valence-electron chi connectivity index (χ4n) is 1.20. The Bertz CT molecular complexity index is 244. The standard InChI is InChI=1S/C7H12N2O5/c1-12-4-5(13-2)9(6(10)8-4)7(11)14-3/h4-5H,1-3H3,(H,8,10)/t4-,5-/m0/s1. The third kappa shape index (κ3) is 1.64. The Balaban J connectivity index is 2.82. The van der Waals surface area contributed by atoms with Crippen LogP contribution in [-0.2, 0) is 14.2 Å². The average molecular weight is 204 g/mol. The lowest BCUT2D eigenvalue weighted by Gasteiger charge is -2.20. The van der Waals surface area contributed by atoms with Gasteiger partial charge in [-0.05, 0) is 0 Å². The lowest BCUT2D eigenvalue weighted by molar-refractivity contribution is -0.0727. The number of hydrogen-bond donors (Lipinski definition) is 1. The number of rotatable bonds is 2. The topological polar surface area (TPSA) is 77.1 Å². The zero-order chi connectivity index (χ0) is 10.7. The second-order valence-electron chi connectivity index (χ2n) is 2.57. The van der Waals surface area contributed by atoms with Gasteiger partial charge in [0.1, 0.15) is 0 Å². The molecule has 1 aliphatic rings. The summed E-state index contributed by atoms with van der Waals surface area (Å²) in [4.78, 5) is 23.2. The Morgan fingerprint density at radius 1 is 1.36 bits per heavy atom. The number of hydrogen-bond acceptors (Lipinski definition) is 5. The van der Waals surface area contributed by atoms with Crippen LogP contribution < -0.4 is 5.32 Å². The van der Waals surface area contributed by atoms with Gasteiger partial charge in [0, 0.05) is 14.2 Å². The second kappa shape index (κ2) is 4.25. The van der Waals surface area contributed by atoms with E-state index in [-0.39, 0.29) is 0 Å². The molecule has 0 radical (unpaired) electrons. The molecule has 1 N–H and O–H groups in total. The van der Waals surface area contributed by atoms with Gasteiger partial charge in [0.15, 0.2) is 12.5 Å². The minimum atomic E-state index is -0.806. The predicted octanol–water partition coefficient (Wildman–Crippen LogP) is -0.277. The SMILES string of the molecule is COC(=O)N1C(=O)N[C@@H](OC)[C@@H]1OC.